The van der Waals surface area contributed by atoms with Gasteiger partial charge in [-0.3, -0.25) is 9.59 Å². The van der Waals surface area contributed by atoms with E-state index in [0.717, 1.165) is 23.9 Å². The molecule has 15 heteroatoms. The molecule has 1 unspecified atom stereocenters. The van der Waals surface area contributed by atoms with E-state index in [9.17, 15) is 27.2 Å². The van der Waals surface area contributed by atoms with Crippen molar-refractivity contribution in [2.24, 2.45) is 0 Å². The zero-order chi connectivity index (χ0) is 23.6. The second kappa shape index (κ2) is 9.00. The lowest BCUT2D eigenvalue weighted by atomic mass is 10.2. The van der Waals surface area contributed by atoms with Gasteiger partial charge >= 0.3 is 6.18 Å². The molecule has 3 aromatic rings. The Balaban J connectivity index is 1.70. The molecule has 168 valence electrons. The van der Waals surface area contributed by atoms with Crippen molar-refractivity contribution in [3.63, 3.8) is 0 Å². The first-order valence-electron chi connectivity index (χ1n) is 8.54. The van der Waals surface area contributed by atoms with Crippen molar-refractivity contribution in [1.82, 2.24) is 25.3 Å². The largest absolute Gasteiger partial charge is 0.418 e. The highest BCUT2D eigenvalue weighted by atomic mass is 35.5. The molecule has 3 aromatic heterocycles. The van der Waals surface area contributed by atoms with Gasteiger partial charge in [-0.2, -0.15) is 13.2 Å². The fraction of sp³-hybridized carbons (Fsp3) is 0.176. The van der Waals surface area contributed by atoms with Crippen LogP contribution in [0.5, 0.6) is 0 Å². The number of carbonyl (C=O) groups is 2. The Kier molecular flexibility index (Phi) is 6.55. The Hall–Kier alpha value is -3.39. The average Bonchev–Trinajstić information content (AvgIpc) is 3.21. The number of aromatic nitrogens is 4. The number of pyridine rings is 1. The quantitative estimate of drug-likeness (QED) is 0.467. The summed E-state index contributed by atoms with van der Waals surface area (Å²) in [4.78, 5) is 39.2. The highest BCUT2D eigenvalue weighted by Crippen LogP contribution is 2.35. The van der Waals surface area contributed by atoms with Gasteiger partial charge in [-0.25, -0.2) is 24.3 Å². The van der Waals surface area contributed by atoms with Gasteiger partial charge in [-0.15, -0.1) is 11.3 Å². The van der Waals surface area contributed by atoms with E-state index in [1.54, 1.807) is 0 Å². The van der Waals surface area contributed by atoms with Gasteiger partial charge in [0, 0.05) is 6.20 Å². The standard InChI is InChI=1S/C17H12ClF4N7O2S/c1-6(28-15(31)12-11(19)13(23)27-5-26-12)16-25-4-9(32-16)14(30)29-10-2-7(17(20,21)22)8(18)3-24-10/h2-6H,1H3,(H,28,31)(H2,23,26,27)(H,24,29,30). The molecular weight excluding hydrogens is 478 g/mol. The van der Waals surface area contributed by atoms with Gasteiger partial charge < -0.3 is 16.4 Å². The Morgan fingerprint density at radius 1 is 1.16 bits per heavy atom. The monoisotopic (exact) mass is 489 g/mol. The highest BCUT2D eigenvalue weighted by molar-refractivity contribution is 7.13. The van der Waals surface area contributed by atoms with Crippen LogP contribution in [0.1, 0.15) is 43.7 Å². The maximum atomic E-state index is 13.9. The molecule has 0 radical (unpaired) electrons. The molecule has 0 saturated carbocycles. The predicted molar refractivity (Wildman–Crippen MR) is 107 cm³/mol. The lowest BCUT2D eigenvalue weighted by Crippen LogP contribution is -2.28. The molecule has 32 heavy (non-hydrogen) atoms. The van der Waals surface area contributed by atoms with Crippen molar-refractivity contribution in [2.75, 3.05) is 11.1 Å². The van der Waals surface area contributed by atoms with E-state index < -0.39 is 51.9 Å². The van der Waals surface area contributed by atoms with Gasteiger partial charge in [0.25, 0.3) is 11.8 Å². The molecule has 3 heterocycles. The summed E-state index contributed by atoms with van der Waals surface area (Å²) in [6.07, 6.45) is -1.85. The van der Waals surface area contributed by atoms with Crippen LogP contribution in [0, 0.1) is 5.82 Å². The lowest BCUT2D eigenvalue weighted by Gasteiger charge is -2.11. The number of rotatable bonds is 5. The number of anilines is 2. The summed E-state index contributed by atoms with van der Waals surface area (Å²) in [5, 5.41) is 4.34. The van der Waals surface area contributed by atoms with Gasteiger partial charge in [0.05, 0.1) is 22.8 Å². The topological polar surface area (TPSA) is 136 Å². The number of halogens is 5. The van der Waals surface area contributed by atoms with Crippen molar-refractivity contribution in [2.45, 2.75) is 19.1 Å². The smallest absolute Gasteiger partial charge is 0.381 e. The first kappa shape index (κ1) is 23.3. The molecule has 1 atom stereocenters. The Labute approximate surface area is 186 Å². The summed E-state index contributed by atoms with van der Waals surface area (Å²) < 4.78 is 52.7. The minimum absolute atomic E-state index is 0.0314. The Bertz CT molecular complexity index is 1190. The van der Waals surface area contributed by atoms with E-state index in [1.165, 1.54) is 13.1 Å². The van der Waals surface area contributed by atoms with Gasteiger partial charge in [-0.05, 0) is 13.0 Å². The summed E-state index contributed by atoms with van der Waals surface area (Å²) in [6.45, 7) is 1.53. The minimum atomic E-state index is -4.72. The Morgan fingerprint density at radius 3 is 2.56 bits per heavy atom. The lowest BCUT2D eigenvalue weighted by molar-refractivity contribution is -0.137. The number of nitrogens with one attached hydrogen (secondary N) is 2. The number of alkyl halides is 3. The predicted octanol–water partition coefficient (Wildman–Crippen LogP) is 3.46. The van der Waals surface area contributed by atoms with Crippen LogP contribution in [0.4, 0.5) is 29.2 Å². The Morgan fingerprint density at radius 2 is 1.88 bits per heavy atom. The fourth-order valence-corrected chi connectivity index (χ4v) is 3.39. The number of hydrogen-bond acceptors (Lipinski definition) is 8. The fourth-order valence-electron chi connectivity index (χ4n) is 2.36. The van der Waals surface area contributed by atoms with Gasteiger partial charge in [0.2, 0.25) is 0 Å². The number of nitrogens with two attached hydrogens (primary N) is 1. The highest BCUT2D eigenvalue weighted by Gasteiger charge is 2.34. The summed E-state index contributed by atoms with van der Waals surface area (Å²) in [5.74, 6) is -3.58. The van der Waals surface area contributed by atoms with E-state index in [4.69, 9.17) is 17.3 Å². The third-order valence-electron chi connectivity index (χ3n) is 3.90. The first-order valence-corrected chi connectivity index (χ1v) is 9.73. The molecule has 0 aromatic carbocycles. The molecule has 4 N–H and O–H groups in total. The molecule has 9 nitrogen and oxygen atoms in total. The van der Waals surface area contributed by atoms with Crippen LogP contribution in [0.15, 0.2) is 24.8 Å². The van der Waals surface area contributed by atoms with Crippen molar-refractivity contribution < 1.29 is 27.2 Å². The maximum Gasteiger partial charge on any atom is 0.418 e. The summed E-state index contributed by atoms with van der Waals surface area (Å²) >= 11 is 6.36. The van der Waals surface area contributed by atoms with Crippen LogP contribution >= 0.6 is 22.9 Å². The van der Waals surface area contributed by atoms with E-state index in [0.29, 0.717) is 6.07 Å². The molecule has 0 aliphatic carbocycles. The van der Waals surface area contributed by atoms with E-state index in [-0.39, 0.29) is 15.7 Å². The van der Waals surface area contributed by atoms with Crippen LogP contribution in [0.3, 0.4) is 0 Å². The third-order valence-corrected chi connectivity index (χ3v) is 5.38. The van der Waals surface area contributed by atoms with Crippen LogP contribution in [-0.4, -0.2) is 31.8 Å². The number of carbonyl (C=O) groups excluding carboxylic acids is 2. The second-order valence-corrected chi connectivity index (χ2v) is 7.65. The van der Waals surface area contributed by atoms with Crippen molar-refractivity contribution in [1.29, 1.82) is 0 Å². The number of thiazole rings is 1. The number of nitrogen functional groups attached to an aromatic ring is 1. The van der Waals surface area contributed by atoms with Crippen LogP contribution in [0.25, 0.3) is 0 Å². The second-order valence-electron chi connectivity index (χ2n) is 6.18. The van der Waals surface area contributed by atoms with Gasteiger partial charge in [-0.1, -0.05) is 11.6 Å². The third kappa shape index (κ3) is 5.08. The van der Waals surface area contributed by atoms with Crippen molar-refractivity contribution in [3.05, 3.63) is 56.8 Å². The molecule has 0 aliphatic heterocycles. The van der Waals surface area contributed by atoms with Gasteiger partial charge in [0.15, 0.2) is 17.3 Å². The number of hydrogen-bond donors (Lipinski definition) is 3. The zero-order valence-corrected chi connectivity index (χ0v) is 17.4. The SMILES string of the molecule is CC(NC(=O)c1ncnc(N)c1F)c1ncc(C(=O)Nc2cc(C(F)(F)F)c(Cl)cn2)s1. The summed E-state index contributed by atoms with van der Waals surface area (Å²) in [6, 6.07) is -0.150. The minimum Gasteiger partial charge on any atom is -0.381 e. The number of nitrogens with zero attached hydrogens (tertiary/aromatic N) is 4. The zero-order valence-electron chi connectivity index (χ0n) is 15.9. The summed E-state index contributed by atoms with van der Waals surface area (Å²) in [7, 11) is 0. The van der Waals surface area contributed by atoms with Crippen LogP contribution in [-0.2, 0) is 6.18 Å². The molecule has 0 saturated heterocycles. The maximum absolute atomic E-state index is 13.9. The average molecular weight is 490 g/mol. The normalized spacial score (nSPS) is 12.3. The van der Waals surface area contributed by atoms with Crippen LogP contribution in [0.2, 0.25) is 5.02 Å². The van der Waals surface area contributed by atoms with E-state index in [2.05, 4.69) is 30.6 Å². The molecule has 3 rings (SSSR count). The number of amides is 2. The molecule has 0 fully saturated rings. The van der Waals surface area contributed by atoms with Crippen molar-refractivity contribution >= 4 is 46.4 Å². The molecule has 0 bridgehead atoms. The molecule has 0 aliphatic rings. The van der Waals surface area contributed by atoms with Gasteiger partial charge in [0.1, 0.15) is 22.0 Å². The van der Waals surface area contributed by atoms with Crippen LogP contribution < -0.4 is 16.4 Å². The molecule has 0 spiro atoms. The van der Waals surface area contributed by atoms with Crippen molar-refractivity contribution in [3.8, 4) is 0 Å². The summed E-state index contributed by atoms with van der Waals surface area (Å²) in [5.41, 5.74) is 3.59. The molecule has 2 amide bonds. The van der Waals surface area contributed by atoms with E-state index >= 15 is 0 Å². The molecular formula is C17H12ClF4N7O2S. The van der Waals surface area contributed by atoms with E-state index in [1.807, 2.05) is 0 Å². The first-order chi connectivity index (χ1) is 15.0.